The van der Waals surface area contributed by atoms with Crippen LogP contribution in [0.5, 0.6) is 0 Å². The van der Waals surface area contributed by atoms with Crippen molar-refractivity contribution in [2.75, 3.05) is 12.3 Å². The van der Waals surface area contributed by atoms with Gasteiger partial charge in [0.1, 0.15) is 6.33 Å². The first-order valence-corrected chi connectivity index (χ1v) is 6.18. The van der Waals surface area contributed by atoms with E-state index in [0.717, 1.165) is 17.9 Å². The number of rotatable bonds is 1. The van der Waals surface area contributed by atoms with E-state index in [1.54, 1.807) is 17.3 Å². The standard InChI is InChI=1S/C13H15N5O/c1-9-3-2-4-10(14)12(9)13(19)17-5-6-18-8-15-16-11(18)7-17/h2-4,8H,5-7,14H2,1H3. The topological polar surface area (TPSA) is 77.0 Å². The molecule has 0 bridgehead atoms. The largest absolute Gasteiger partial charge is 0.398 e. The summed E-state index contributed by atoms with van der Waals surface area (Å²) in [6.07, 6.45) is 1.69. The monoisotopic (exact) mass is 257 g/mol. The van der Waals surface area contributed by atoms with Crippen molar-refractivity contribution in [3.63, 3.8) is 0 Å². The number of aromatic nitrogens is 3. The van der Waals surface area contributed by atoms with E-state index in [-0.39, 0.29) is 5.91 Å². The minimum Gasteiger partial charge on any atom is -0.398 e. The molecule has 6 nitrogen and oxygen atoms in total. The van der Waals surface area contributed by atoms with Crippen LogP contribution in [0.1, 0.15) is 21.7 Å². The summed E-state index contributed by atoms with van der Waals surface area (Å²) in [7, 11) is 0. The minimum absolute atomic E-state index is 0.0372. The predicted octanol–water partition coefficient (Wildman–Crippen LogP) is 0.825. The van der Waals surface area contributed by atoms with E-state index in [0.29, 0.717) is 24.3 Å². The SMILES string of the molecule is Cc1cccc(N)c1C(=O)N1CCn2cnnc2C1. The molecule has 1 aromatic heterocycles. The number of benzene rings is 1. The molecular weight excluding hydrogens is 242 g/mol. The number of nitrogens with zero attached hydrogens (tertiary/aromatic N) is 4. The summed E-state index contributed by atoms with van der Waals surface area (Å²) in [5, 5.41) is 7.87. The van der Waals surface area contributed by atoms with E-state index < -0.39 is 0 Å². The van der Waals surface area contributed by atoms with Crippen molar-refractivity contribution in [1.29, 1.82) is 0 Å². The number of nitrogen functional groups attached to an aromatic ring is 1. The fourth-order valence-electron chi connectivity index (χ4n) is 2.38. The van der Waals surface area contributed by atoms with Crippen molar-refractivity contribution in [2.45, 2.75) is 20.0 Å². The molecule has 0 spiro atoms. The number of hydrogen-bond acceptors (Lipinski definition) is 4. The maximum atomic E-state index is 12.6. The zero-order chi connectivity index (χ0) is 13.4. The van der Waals surface area contributed by atoms with Crippen LogP contribution in [0.4, 0.5) is 5.69 Å². The van der Waals surface area contributed by atoms with Gasteiger partial charge in [0.15, 0.2) is 5.82 Å². The minimum atomic E-state index is -0.0372. The van der Waals surface area contributed by atoms with Gasteiger partial charge < -0.3 is 15.2 Å². The van der Waals surface area contributed by atoms with Crippen LogP contribution in [0.3, 0.4) is 0 Å². The second kappa shape index (κ2) is 4.38. The molecule has 1 aromatic carbocycles. The molecule has 0 saturated carbocycles. The Labute approximate surface area is 110 Å². The highest BCUT2D eigenvalue weighted by Crippen LogP contribution is 2.20. The van der Waals surface area contributed by atoms with Gasteiger partial charge >= 0.3 is 0 Å². The lowest BCUT2D eigenvalue weighted by atomic mass is 10.1. The second-order valence-electron chi connectivity index (χ2n) is 4.71. The molecule has 0 unspecified atom stereocenters. The van der Waals surface area contributed by atoms with Gasteiger partial charge in [-0.3, -0.25) is 4.79 Å². The Balaban J connectivity index is 1.90. The highest BCUT2D eigenvalue weighted by Gasteiger charge is 2.25. The molecule has 19 heavy (non-hydrogen) atoms. The van der Waals surface area contributed by atoms with Gasteiger partial charge in [-0.15, -0.1) is 10.2 Å². The quantitative estimate of drug-likeness (QED) is 0.767. The van der Waals surface area contributed by atoms with E-state index in [9.17, 15) is 4.79 Å². The third-order valence-corrected chi connectivity index (χ3v) is 3.44. The van der Waals surface area contributed by atoms with E-state index in [2.05, 4.69) is 10.2 Å². The van der Waals surface area contributed by atoms with Crippen molar-refractivity contribution in [3.8, 4) is 0 Å². The van der Waals surface area contributed by atoms with Gasteiger partial charge in [0.05, 0.1) is 12.1 Å². The van der Waals surface area contributed by atoms with Gasteiger partial charge in [0.25, 0.3) is 5.91 Å². The third-order valence-electron chi connectivity index (χ3n) is 3.44. The number of hydrogen-bond donors (Lipinski definition) is 1. The van der Waals surface area contributed by atoms with Crippen LogP contribution < -0.4 is 5.73 Å². The number of amides is 1. The van der Waals surface area contributed by atoms with Crippen molar-refractivity contribution in [2.24, 2.45) is 0 Å². The highest BCUT2D eigenvalue weighted by molar-refractivity contribution is 6.00. The van der Waals surface area contributed by atoms with Crippen molar-refractivity contribution in [1.82, 2.24) is 19.7 Å². The van der Waals surface area contributed by atoms with E-state index in [4.69, 9.17) is 5.73 Å². The molecule has 1 aliphatic heterocycles. The summed E-state index contributed by atoms with van der Waals surface area (Å²) in [6, 6.07) is 5.51. The zero-order valence-electron chi connectivity index (χ0n) is 10.7. The van der Waals surface area contributed by atoms with Crippen LogP contribution in [0.15, 0.2) is 24.5 Å². The lowest BCUT2D eigenvalue weighted by Gasteiger charge is -2.28. The van der Waals surface area contributed by atoms with Crippen LogP contribution >= 0.6 is 0 Å². The average molecular weight is 257 g/mol. The van der Waals surface area contributed by atoms with Crippen LogP contribution in [-0.4, -0.2) is 32.1 Å². The number of fused-ring (bicyclic) bond motifs is 1. The first kappa shape index (κ1) is 11.7. The molecule has 0 fully saturated rings. The lowest BCUT2D eigenvalue weighted by Crippen LogP contribution is -2.38. The Bertz CT molecular complexity index is 613. The molecule has 98 valence electrons. The molecule has 6 heteroatoms. The molecule has 0 saturated heterocycles. The Hall–Kier alpha value is -2.37. The molecule has 2 heterocycles. The van der Waals surface area contributed by atoms with Gasteiger partial charge in [-0.2, -0.15) is 0 Å². The third kappa shape index (κ3) is 1.95. The van der Waals surface area contributed by atoms with E-state index in [1.165, 1.54) is 0 Å². The highest BCUT2D eigenvalue weighted by atomic mass is 16.2. The Morgan fingerprint density at radius 1 is 1.37 bits per heavy atom. The molecule has 0 aliphatic carbocycles. The Morgan fingerprint density at radius 2 is 2.21 bits per heavy atom. The Kier molecular flexibility index (Phi) is 2.70. The number of carbonyl (C=O) groups excluding carboxylic acids is 1. The summed E-state index contributed by atoms with van der Waals surface area (Å²) < 4.78 is 1.96. The number of anilines is 1. The maximum absolute atomic E-state index is 12.6. The summed E-state index contributed by atoms with van der Waals surface area (Å²) in [5.74, 6) is 0.775. The van der Waals surface area contributed by atoms with Crippen LogP contribution in [0.2, 0.25) is 0 Å². The summed E-state index contributed by atoms with van der Waals surface area (Å²) in [4.78, 5) is 14.3. The van der Waals surface area contributed by atoms with Gasteiger partial charge in [-0.1, -0.05) is 12.1 Å². The number of nitrogens with two attached hydrogens (primary N) is 1. The molecule has 0 radical (unpaired) electrons. The van der Waals surface area contributed by atoms with Crippen molar-refractivity contribution in [3.05, 3.63) is 41.5 Å². The molecule has 0 atom stereocenters. The second-order valence-corrected chi connectivity index (χ2v) is 4.71. The van der Waals surface area contributed by atoms with Gasteiger partial charge in [-0.05, 0) is 18.6 Å². The summed E-state index contributed by atoms with van der Waals surface area (Å²) in [6.45, 7) is 3.75. The fourth-order valence-corrected chi connectivity index (χ4v) is 2.38. The van der Waals surface area contributed by atoms with Crippen molar-refractivity contribution >= 4 is 11.6 Å². The first-order valence-electron chi connectivity index (χ1n) is 6.18. The summed E-state index contributed by atoms with van der Waals surface area (Å²) >= 11 is 0. The molecule has 2 N–H and O–H groups in total. The van der Waals surface area contributed by atoms with Gasteiger partial charge in [-0.25, -0.2) is 0 Å². The molecule has 1 amide bonds. The van der Waals surface area contributed by atoms with E-state index >= 15 is 0 Å². The smallest absolute Gasteiger partial charge is 0.256 e. The lowest BCUT2D eigenvalue weighted by molar-refractivity contribution is 0.0708. The maximum Gasteiger partial charge on any atom is 0.256 e. The van der Waals surface area contributed by atoms with Crippen LogP contribution in [0.25, 0.3) is 0 Å². The number of aryl methyl sites for hydroxylation is 1. The zero-order valence-corrected chi connectivity index (χ0v) is 10.7. The average Bonchev–Trinajstić information content (AvgIpc) is 2.85. The predicted molar refractivity (Wildman–Crippen MR) is 70.4 cm³/mol. The van der Waals surface area contributed by atoms with E-state index in [1.807, 2.05) is 23.6 Å². The molecule has 3 rings (SSSR count). The fraction of sp³-hybridized carbons (Fsp3) is 0.308. The normalized spacial score (nSPS) is 14.3. The first-order chi connectivity index (χ1) is 9.16. The van der Waals surface area contributed by atoms with Crippen LogP contribution in [-0.2, 0) is 13.1 Å². The number of carbonyl (C=O) groups is 1. The van der Waals surface area contributed by atoms with Crippen molar-refractivity contribution < 1.29 is 4.79 Å². The molecule has 2 aromatic rings. The summed E-state index contributed by atoms with van der Waals surface area (Å²) in [5.41, 5.74) is 7.94. The van der Waals surface area contributed by atoms with Crippen LogP contribution in [0, 0.1) is 6.92 Å². The van der Waals surface area contributed by atoms with Gasteiger partial charge in [0, 0.05) is 18.8 Å². The molecular formula is C13H15N5O. The Morgan fingerprint density at radius 3 is 3.00 bits per heavy atom. The van der Waals surface area contributed by atoms with Gasteiger partial charge in [0.2, 0.25) is 0 Å². The molecule has 1 aliphatic rings.